The lowest BCUT2D eigenvalue weighted by Crippen LogP contribution is -1.97. The summed E-state index contributed by atoms with van der Waals surface area (Å²) in [6.45, 7) is 2.67. The zero-order chi connectivity index (χ0) is 18.5. The third-order valence-corrected chi connectivity index (χ3v) is 4.82. The summed E-state index contributed by atoms with van der Waals surface area (Å²) in [7, 11) is 0. The van der Waals surface area contributed by atoms with Crippen LogP contribution in [-0.2, 0) is 6.54 Å². The Hall–Kier alpha value is -3.54. The highest BCUT2D eigenvalue weighted by atomic mass is 19.1. The van der Waals surface area contributed by atoms with Crippen LogP contribution in [0, 0.1) is 12.7 Å². The molecule has 5 nitrogen and oxygen atoms in total. The Kier molecular flexibility index (Phi) is 3.33. The van der Waals surface area contributed by atoms with Gasteiger partial charge in [-0.1, -0.05) is 24.3 Å². The average molecular weight is 357 g/mol. The maximum absolute atomic E-state index is 13.7. The number of aromatic nitrogens is 4. The van der Waals surface area contributed by atoms with Crippen molar-refractivity contribution in [2.24, 2.45) is 0 Å². The standard InChI is InChI=1S/C21H16FN5/c1-12-16-8-17(22)18(23)9-19(16)26-20(24-12)7-6-14-11-27-10-13-4-2-3-5-15(13)21(27)25-14/h2-9,11H,10,23H2,1H3. The number of fused-ring (bicyclic) bond motifs is 4. The minimum absolute atomic E-state index is 0.0831. The summed E-state index contributed by atoms with van der Waals surface area (Å²) in [5.41, 5.74) is 10.4. The van der Waals surface area contributed by atoms with Gasteiger partial charge in [-0.05, 0) is 36.8 Å². The van der Waals surface area contributed by atoms with Gasteiger partial charge in [0.1, 0.15) is 11.6 Å². The molecule has 3 heterocycles. The summed E-state index contributed by atoms with van der Waals surface area (Å²) >= 11 is 0. The van der Waals surface area contributed by atoms with Gasteiger partial charge in [0.15, 0.2) is 5.82 Å². The fraction of sp³-hybridized carbons (Fsp3) is 0.0952. The number of hydrogen-bond donors (Lipinski definition) is 1. The third kappa shape index (κ3) is 2.57. The first-order chi connectivity index (χ1) is 13.1. The summed E-state index contributed by atoms with van der Waals surface area (Å²) in [6, 6.07) is 11.2. The number of imidazole rings is 1. The summed E-state index contributed by atoms with van der Waals surface area (Å²) in [6.07, 6.45) is 5.73. The van der Waals surface area contributed by atoms with E-state index in [1.165, 1.54) is 17.2 Å². The molecule has 0 unspecified atom stereocenters. The van der Waals surface area contributed by atoms with E-state index in [0.717, 1.165) is 18.1 Å². The molecule has 0 saturated carbocycles. The van der Waals surface area contributed by atoms with Crippen molar-refractivity contribution in [1.82, 2.24) is 19.5 Å². The molecule has 0 aliphatic carbocycles. The van der Waals surface area contributed by atoms with Gasteiger partial charge < -0.3 is 10.3 Å². The molecule has 4 aromatic rings. The van der Waals surface area contributed by atoms with Crippen LogP contribution in [0.25, 0.3) is 34.4 Å². The molecular weight excluding hydrogens is 341 g/mol. The second-order valence-corrected chi connectivity index (χ2v) is 6.67. The van der Waals surface area contributed by atoms with Gasteiger partial charge in [-0.3, -0.25) is 0 Å². The topological polar surface area (TPSA) is 69.6 Å². The summed E-state index contributed by atoms with van der Waals surface area (Å²) in [4.78, 5) is 13.6. The zero-order valence-corrected chi connectivity index (χ0v) is 14.6. The van der Waals surface area contributed by atoms with E-state index >= 15 is 0 Å². The fourth-order valence-corrected chi connectivity index (χ4v) is 3.49. The van der Waals surface area contributed by atoms with Gasteiger partial charge in [0, 0.05) is 29.4 Å². The predicted molar refractivity (Wildman–Crippen MR) is 104 cm³/mol. The van der Waals surface area contributed by atoms with Crippen LogP contribution in [0.4, 0.5) is 10.1 Å². The first-order valence-electron chi connectivity index (χ1n) is 8.65. The van der Waals surface area contributed by atoms with Crippen molar-refractivity contribution in [1.29, 1.82) is 0 Å². The highest BCUT2D eigenvalue weighted by Gasteiger charge is 2.19. The van der Waals surface area contributed by atoms with Crippen molar-refractivity contribution >= 4 is 28.7 Å². The van der Waals surface area contributed by atoms with Gasteiger partial charge in [0.05, 0.1) is 16.9 Å². The molecule has 6 heteroatoms. The van der Waals surface area contributed by atoms with E-state index in [-0.39, 0.29) is 5.69 Å². The first kappa shape index (κ1) is 15.7. The SMILES string of the molecule is Cc1nc(C=Cc2cn3c(n2)-c2ccccc2C3)nc2cc(N)c(F)cc12. The third-order valence-electron chi connectivity index (χ3n) is 4.82. The largest absolute Gasteiger partial charge is 0.396 e. The number of halogens is 1. The quantitative estimate of drug-likeness (QED) is 0.484. The number of aryl methyl sites for hydroxylation is 1. The number of nitrogen functional groups attached to an aromatic ring is 1. The molecule has 27 heavy (non-hydrogen) atoms. The lowest BCUT2D eigenvalue weighted by molar-refractivity contribution is 0.634. The summed E-state index contributed by atoms with van der Waals surface area (Å²) in [5.74, 6) is 1.06. The number of anilines is 1. The van der Waals surface area contributed by atoms with Crippen LogP contribution < -0.4 is 5.73 Å². The van der Waals surface area contributed by atoms with Crippen molar-refractivity contribution in [3.8, 4) is 11.4 Å². The van der Waals surface area contributed by atoms with Crippen LogP contribution in [0.15, 0.2) is 42.6 Å². The van der Waals surface area contributed by atoms with Gasteiger partial charge in [-0.15, -0.1) is 0 Å². The monoisotopic (exact) mass is 357 g/mol. The maximum Gasteiger partial charge on any atom is 0.152 e. The molecule has 0 bridgehead atoms. The van der Waals surface area contributed by atoms with Crippen molar-refractivity contribution in [2.45, 2.75) is 13.5 Å². The normalized spacial score (nSPS) is 12.7. The molecule has 0 atom stereocenters. The molecule has 0 amide bonds. The molecule has 2 aromatic carbocycles. The molecule has 0 radical (unpaired) electrons. The van der Waals surface area contributed by atoms with E-state index in [1.807, 2.05) is 37.4 Å². The van der Waals surface area contributed by atoms with Crippen LogP contribution in [-0.4, -0.2) is 19.5 Å². The Bertz CT molecular complexity index is 1240. The second-order valence-electron chi connectivity index (χ2n) is 6.67. The Morgan fingerprint density at radius 2 is 1.96 bits per heavy atom. The van der Waals surface area contributed by atoms with Crippen LogP contribution in [0.3, 0.4) is 0 Å². The number of rotatable bonds is 2. The lowest BCUT2D eigenvalue weighted by atomic mass is 10.1. The van der Waals surface area contributed by atoms with Crippen LogP contribution in [0.1, 0.15) is 22.8 Å². The fourth-order valence-electron chi connectivity index (χ4n) is 3.49. The van der Waals surface area contributed by atoms with E-state index in [4.69, 9.17) is 10.7 Å². The number of nitrogens with two attached hydrogens (primary N) is 1. The minimum Gasteiger partial charge on any atom is -0.396 e. The first-order valence-corrected chi connectivity index (χ1v) is 8.65. The van der Waals surface area contributed by atoms with Gasteiger partial charge in [0.25, 0.3) is 0 Å². The number of benzene rings is 2. The van der Waals surface area contributed by atoms with E-state index in [9.17, 15) is 4.39 Å². The lowest BCUT2D eigenvalue weighted by Gasteiger charge is -2.05. The molecule has 2 N–H and O–H groups in total. The van der Waals surface area contributed by atoms with Gasteiger partial charge >= 0.3 is 0 Å². The Morgan fingerprint density at radius 1 is 1.11 bits per heavy atom. The summed E-state index contributed by atoms with van der Waals surface area (Å²) < 4.78 is 15.8. The van der Waals surface area contributed by atoms with Gasteiger partial charge in [0.2, 0.25) is 0 Å². The predicted octanol–water partition coefficient (Wildman–Crippen LogP) is 4.06. The molecule has 0 fully saturated rings. The molecule has 0 saturated heterocycles. The van der Waals surface area contributed by atoms with Crippen LogP contribution in [0.2, 0.25) is 0 Å². The van der Waals surface area contributed by atoms with Gasteiger partial charge in [-0.25, -0.2) is 19.3 Å². The molecule has 1 aliphatic heterocycles. The van der Waals surface area contributed by atoms with E-state index < -0.39 is 5.82 Å². The van der Waals surface area contributed by atoms with Crippen LogP contribution >= 0.6 is 0 Å². The Morgan fingerprint density at radius 3 is 2.85 bits per heavy atom. The van der Waals surface area contributed by atoms with Crippen LogP contribution in [0.5, 0.6) is 0 Å². The second kappa shape index (κ2) is 5.74. The van der Waals surface area contributed by atoms with E-state index in [2.05, 4.69) is 26.7 Å². The zero-order valence-electron chi connectivity index (χ0n) is 14.6. The minimum atomic E-state index is -0.453. The van der Waals surface area contributed by atoms with Crippen molar-refractivity contribution < 1.29 is 4.39 Å². The molecule has 1 aliphatic rings. The smallest absolute Gasteiger partial charge is 0.152 e. The molecule has 132 valence electrons. The van der Waals surface area contributed by atoms with E-state index in [1.54, 1.807) is 6.07 Å². The highest BCUT2D eigenvalue weighted by molar-refractivity contribution is 5.85. The molecular formula is C21H16FN5. The van der Waals surface area contributed by atoms with Crippen molar-refractivity contribution in [3.05, 3.63) is 71.2 Å². The number of hydrogen-bond acceptors (Lipinski definition) is 4. The average Bonchev–Trinajstić information content (AvgIpc) is 3.19. The summed E-state index contributed by atoms with van der Waals surface area (Å²) in [5, 5.41) is 0.663. The molecule has 2 aromatic heterocycles. The number of nitrogens with zero attached hydrogens (tertiary/aromatic N) is 4. The molecule has 0 spiro atoms. The maximum atomic E-state index is 13.7. The highest BCUT2D eigenvalue weighted by Crippen LogP contribution is 2.31. The van der Waals surface area contributed by atoms with Crippen molar-refractivity contribution in [2.75, 3.05) is 5.73 Å². The Balaban J connectivity index is 1.50. The van der Waals surface area contributed by atoms with E-state index in [0.29, 0.717) is 22.4 Å². The van der Waals surface area contributed by atoms with Gasteiger partial charge in [-0.2, -0.15) is 0 Å². The molecule has 5 rings (SSSR count). The Labute approximate surface area is 155 Å². The van der Waals surface area contributed by atoms with Crippen molar-refractivity contribution in [3.63, 3.8) is 0 Å².